The number of nitrogens with zero attached hydrogens (tertiary/aromatic N) is 1. The lowest BCUT2D eigenvalue weighted by Gasteiger charge is -2.19. The van der Waals surface area contributed by atoms with Crippen LogP contribution in [-0.4, -0.2) is 26.8 Å². The van der Waals surface area contributed by atoms with Crippen LogP contribution in [0, 0.1) is 0 Å². The van der Waals surface area contributed by atoms with Gasteiger partial charge in [0.25, 0.3) is 0 Å². The highest BCUT2D eigenvalue weighted by atomic mass is 32.2. The van der Waals surface area contributed by atoms with Crippen LogP contribution in [0.15, 0.2) is 24.3 Å². The molecule has 18 heavy (non-hydrogen) atoms. The summed E-state index contributed by atoms with van der Waals surface area (Å²) in [5, 5.41) is -0.428. The van der Waals surface area contributed by atoms with Crippen molar-refractivity contribution in [2.24, 2.45) is 5.73 Å². The topological polar surface area (TPSA) is 63.4 Å². The van der Waals surface area contributed by atoms with Crippen LogP contribution in [0.5, 0.6) is 0 Å². The molecule has 1 saturated heterocycles. The van der Waals surface area contributed by atoms with Crippen molar-refractivity contribution in [3.63, 3.8) is 0 Å². The fourth-order valence-corrected chi connectivity index (χ4v) is 4.04. The van der Waals surface area contributed by atoms with Crippen molar-refractivity contribution in [1.82, 2.24) is 0 Å². The molecule has 4 nitrogen and oxygen atoms in total. The summed E-state index contributed by atoms with van der Waals surface area (Å²) in [7, 11) is -3.26. The lowest BCUT2D eigenvalue weighted by Crippen LogP contribution is -2.33. The predicted molar refractivity (Wildman–Crippen MR) is 74.3 cm³/mol. The minimum atomic E-state index is -3.26. The van der Waals surface area contributed by atoms with Gasteiger partial charge in [-0.25, -0.2) is 8.42 Å². The van der Waals surface area contributed by atoms with Gasteiger partial charge in [0.05, 0.1) is 10.9 Å². The Morgan fingerprint density at radius 3 is 2.39 bits per heavy atom. The molecule has 0 amide bonds. The minimum absolute atomic E-state index is 0.197. The molecule has 0 aliphatic carbocycles. The van der Waals surface area contributed by atoms with Gasteiger partial charge < -0.3 is 5.73 Å². The third kappa shape index (κ3) is 2.24. The quantitative estimate of drug-likeness (QED) is 0.907. The Morgan fingerprint density at radius 1 is 1.33 bits per heavy atom. The van der Waals surface area contributed by atoms with Crippen LogP contribution in [0.3, 0.4) is 0 Å². The molecular formula is C13H20N2O2S. The van der Waals surface area contributed by atoms with Gasteiger partial charge in [-0.05, 0) is 30.0 Å². The van der Waals surface area contributed by atoms with E-state index in [0.717, 1.165) is 5.69 Å². The highest BCUT2D eigenvalue weighted by Gasteiger charge is 2.37. The second kappa shape index (κ2) is 4.90. The molecule has 0 aromatic heterocycles. The lowest BCUT2D eigenvalue weighted by atomic mass is 10.0. The van der Waals surface area contributed by atoms with E-state index in [1.54, 1.807) is 0 Å². The van der Waals surface area contributed by atoms with Crippen molar-refractivity contribution < 1.29 is 8.42 Å². The summed E-state index contributed by atoms with van der Waals surface area (Å²) in [5.74, 6) is 0.450. The summed E-state index contributed by atoms with van der Waals surface area (Å²) in [6, 6.07) is 7.74. The summed E-state index contributed by atoms with van der Waals surface area (Å²) >= 11 is 0. The molecule has 1 atom stereocenters. The van der Waals surface area contributed by atoms with Crippen molar-refractivity contribution in [1.29, 1.82) is 0 Å². The predicted octanol–water partition coefficient (Wildman–Crippen LogP) is 1.68. The van der Waals surface area contributed by atoms with Crippen LogP contribution in [0.25, 0.3) is 0 Å². The second-order valence-electron chi connectivity index (χ2n) is 5.01. The summed E-state index contributed by atoms with van der Waals surface area (Å²) in [6.07, 6.45) is 0.616. The van der Waals surface area contributed by atoms with Gasteiger partial charge in [-0.3, -0.25) is 4.31 Å². The number of benzene rings is 1. The zero-order chi connectivity index (χ0) is 13.3. The first-order valence-corrected chi connectivity index (χ1v) is 7.78. The Morgan fingerprint density at radius 2 is 1.94 bits per heavy atom. The third-order valence-corrected chi connectivity index (χ3v) is 5.77. The van der Waals surface area contributed by atoms with Crippen LogP contribution in [0.1, 0.15) is 31.7 Å². The second-order valence-corrected chi connectivity index (χ2v) is 7.15. The van der Waals surface area contributed by atoms with E-state index in [9.17, 15) is 8.42 Å². The molecule has 1 fully saturated rings. The van der Waals surface area contributed by atoms with Crippen LogP contribution >= 0.6 is 0 Å². The largest absolute Gasteiger partial charge is 0.329 e. The van der Waals surface area contributed by atoms with E-state index >= 15 is 0 Å². The highest BCUT2D eigenvalue weighted by Crippen LogP contribution is 2.29. The number of sulfonamides is 1. The van der Waals surface area contributed by atoms with Crippen molar-refractivity contribution in [3.05, 3.63) is 29.8 Å². The highest BCUT2D eigenvalue weighted by molar-refractivity contribution is 7.93. The van der Waals surface area contributed by atoms with Crippen LogP contribution in [0.2, 0.25) is 0 Å². The zero-order valence-electron chi connectivity index (χ0n) is 10.8. The van der Waals surface area contributed by atoms with E-state index in [1.807, 2.05) is 24.3 Å². The molecule has 0 radical (unpaired) electrons. The molecule has 1 aromatic rings. The van der Waals surface area contributed by atoms with E-state index in [2.05, 4.69) is 13.8 Å². The normalized spacial score (nSPS) is 22.7. The molecule has 0 spiro atoms. The molecule has 1 aromatic carbocycles. The lowest BCUT2D eigenvalue weighted by molar-refractivity contribution is 0.588. The average Bonchev–Trinajstić information content (AvgIpc) is 2.64. The van der Waals surface area contributed by atoms with Gasteiger partial charge in [-0.15, -0.1) is 0 Å². The molecule has 1 unspecified atom stereocenters. The van der Waals surface area contributed by atoms with Gasteiger partial charge in [0.15, 0.2) is 0 Å². The van der Waals surface area contributed by atoms with Gasteiger partial charge in [0.2, 0.25) is 10.0 Å². The number of nitrogens with two attached hydrogens (primary N) is 1. The molecular weight excluding hydrogens is 248 g/mol. The molecule has 0 saturated carbocycles. The van der Waals surface area contributed by atoms with E-state index < -0.39 is 15.3 Å². The van der Waals surface area contributed by atoms with Crippen LogP contribution in [0.4, 0.5) is 5.69 Å². The van der Waals surface area contributed by atoms with Crippen LogP contribution < -0.4 is 10.0 Å². The van der Waals surface area contributed by atoms with Crippen molar-refractivity contribution in [2.75, 3.05) is 17.4 Å². The zero-order valence-corrected chi connectivity index (χ0v) is 11.7. The Kier molecular flexibility index (Phi) is 3.64. The van der Waals surface area contributed by atoms with E-state index in [-0.39, 0.29) is 6.54 Å². The third-order valence-electron chi connectivity index (χ3n) is 3.49. The number of hydrogen-bond donors (Lipinski definition) is 1. The summed E-state index contributed by atoms with van der Waals surface area (Å²) < 4.78 is 25.9. The summed E-state index contributed by atoms with van der Waals surface area (Å²) in [5.41, 5.74) is 7.47. The standard InChI is InChI=1S/C13H20N2O2S/c1-10(2)11-3-5-12(6-4-11)15-8-7-13(9-14)18(15,16)17/h3-6,10,13H,7-9,14H2,1-2H3. The Balaban J connectivity index is 2.28. The molecule has 5 heteroatoms. The number of anilines is 1. The Hall–Kier alpha value is -1.07. The molecule has 1 aliphatic rings. The number of hydrogen-bond acceptors (Lipinski definition) is 3. The van der Waals surface area contributed by atoms with E-state index in [0.29, 0.717) is 18.9 Å². The summed E-state index contributed by atoms with van der Waals surface area (Å²) in [4.78, 5) is 0. The van der Waals surface area contributed by atoms with Gasteiger partial charge in [-0.1, -0.05) is 26.0 Å². The van der Waals surface area contributed by atoms with Gasteiger partial charge >= 0.3 is 0 Å². The maximum Gasteiger partial charge on any atom is 0.239 e. The van der Waals surface area contributed by atoms with E-state index in [1.165, 1.54) is 9.87 Å². The van der Waals surface area contributed by atoms with Crippen molar-refractivity contribution in [2.45, 2.75) is 31.4 Å². The smallest absolute Gasteiger partial charge is 0.239 e. The SMILES string of the molecule is CC(C)c1ccc(N2CCC(CN)S2(=O)=O)cc1. The van der Waals surface area contributed by atoms with Crippen LogP contribution in [-0.2, 0) is 10.0 Å². The van der Waals surface area contributed by atoms with Gasteiger partial charge in [0, 0.05) is 13.1 Å². The number of rotatable bonds is 3. The van der Waals surface area contributed by atoms with Crippen molar-refractivity contribution in [3.8, 4) is 0 Å². The average molecular weight is 268 g/mol. The fourth-order valence-electron chi connectivity index (χ4n) is 2.26. The Labute approximate surface area is 109 Å². The molecule has 0 bridgehead atoms. The minimum Gasteiger partial charge on any atom is -0.329 e. The monoisotopic (exact) mass is 268 g/mol. The summed E-state index contributed by atoms with van der Waals surface area (Å²) in [6.45, 7) is 4.96. The molecule has 100 valence electrons. The Bertz CT molecular complexity index is 508. The molecule has 1 aliphatic heterocycles. The first-order valence-electron chi connectivity index (χ1n) is 6.28. The maximum absolute atomic E-state index is 12.2. The first kappa shape index (κ1) is 13.4. The van der Waals surface area contributed by atoms with Crippen molar-refractivity contribution >= 4 is 15.7 Å². The van der Waals surface area contributed by atoms with Gasteiger partial charge in [-0.2, -0.15) is 0 Å². The van der Waals surface area contributed by atoms with Gasteiger partial charge in [0.1, 0.15) is 0 Å². The fraction of sp³-hybridized carbons (Fsp3) is 0.538. The first-order chi connectivity index (χ1) is 8.46. The molecule has 2 rings (SSSR count). The maximum atomic E-state index is 12.2. The molecule has 2 N–H and O–H groups in total. The van der Waals surface area contributed by atoms with E-state index in [4.69, 9.17) is 5.73 Å². The molecule has 1 heterocycles.